The molecule has 0 spiro atoms. The van der Waals surface area contributed by atoms with E-state index in [1.165, 1.54) is 7.11 Å². The Labute approximate surface area is 148 Å². The van der Waals surface area contributed by atoms with Crippen LogP contribution in [0.4, 0.5) is 0 Å². The fourth-order valence-corrected chi connectivity index (χ4v) is 2.90. The van der Waals surface area contributed by atoms with Gasteiger partial charge in [-0.25, -0.2) is 0 Å². The maximum absolute atomic E-state index is 12.1. The monoisotopic (exact) mass is 340 g/mol. The van der Waals surface area contributed by atoms with Crippen molar-refractivity contribution in [2.75, 3.05) is 7.11 Å². The third-order valence-corrected chi connectivity index (χ3v) is 4.31. The first kappa shape index (κ1) is 18.8. The van der Waals surface area contributed by atoms with Gasteiger partial charge in [-0.2, -0.15) is 0 Å². The molecular weight excluding hydrogens is 316 g/mol. The lowest BCUT2D eigenvalue weighted by Gasteiger charge is -2.03. The number of carbonyl (C=O) groups is 3. The van der Waals surface area contributed by atoms with E-state index in [1.807, 2.05) is 36.4 Å². The van der Waals surface area contributed by atoms with Crippen LogP contribution in [-0.4, -0.2) is 24.6 Å². The number of esters is 1. The minimum absolute atomic E-state index is 0.00780. The van der Waals surface area contributed by atoms with Gasteiger partial charge in [0.05, 0.1) is 13.5 Å². The Kier molecular flexibility index (Phi) is 7.33. The Hall–Kier alpha value is -2.49. The molecule has 1 aromatic rings. The van der Waals surface area contributed by atoms with Crippen molar-refractivity contribution in [3.8, 4) is 0 Å². The molecule has 25 heavy (non-hydrogen) atoms. The zero-order valence-corrected chi connectivity index (χ0v) is 14.6. The van der Waals surface area contributed by atoms with Crippen molar-refractivity contribution < 1.29 is 19.1 Å². The summed E-state index contributed by atoms with van der Waals surface area (Å²) < 4.78 is 4.61. The van der Waals surface area contributed by atoms with Gasteiger partial charge < -0.3 is 4.74 Å². The van der Waals surface area contributed by atoms with Crippen molar-refractivity contribution in [2.45, 2.75) is 44.9 Å². The third-order valence-electron chi connectivity index (χ3n) is 4.31. The van der Waals surface area contributed by atoms with Gasteiger partial charge >= 0.3 is 5.97 Å². The van der Waals surface area contributed by atoms with E-state index in [2.05, 4.69) is 4.74 Å². The third kappa shape index (κ3) is 5.82. The number of carbonyl (C=O) groups excluding carboxylic acids is 3. The van der Waals surface area contributed by atoms with Crippen molar-refractivity contribution >= 4 is 23.6 Å². The fourth-order valence-electron chi connectivity index (χ4n) is 2.90. The number of hydrogen-bond acceptors (Lipinski definition) is 4. The van der Waals surface area contributed by atoms with Gasteiger partial charge in [-0.05, 0) is 24.8 Å². The number of methoxy groups -OCH3 is 1. The van der Waals surface area contributed by atoms with Crippen LogP contribution in [-0.2, 0) is 19.1 Å². The van der Waals surface area contributed by atoms with Gasteiger partial charge in [-0.1, -0.05) is 55.3 Å². The first-order chi connectivity index (χ1) is 12.1. The summed E-state index contributed by atoms with van der Waals surface area (Å²) in [5.74, 6) is -0.322. The maximum atomic E-state index is 12.1. The van der Waals surface area contributed by atoms with Crippen LogP contribution < -0.4 is 0 Å². The number of allylic oxidation sites excluding steroid dienone is 3. The molecule has 1 aliphatic rings. The topological polar surface area (TPSA) is 60.4 Å². The Morgan fingerprint density at radius 2 is 1.72 bits per heavy atom. The van der Waals surface area contributed by atoms with Crippen LogP contribution in [0.3, 0.4) is 0 Å². The molecular formula is C21H24O4. The van der Waals surface area contributed by atoms with Crippen molar-refractivity contribution in [1.29, 1.82) is 0 Å². The van der Waals surface area contributed by atoms with Crippen LogP contribution in [0.2, 0.25) is 0 Å². The summed E-state index contributed by atoms with van der Waals surface area (Å²) in [6, 6.07) is 9.72. The molecule has 0 N–H and O–H groups in total. The Morgan fingerprint density at radius 3 is 2.44 bits per heavy atom. The first-order valence-electron chi connectivity index (χ1n) is 8.71. The number of Topliss-reactive ketones (excluding diaryl/α,β-unsaturated/α-hetero) is 2. The van der Waals surface area contributed by atoms with Crippen molar-refractivity contribution in [2.24, 2.45) is 0 Å². The summed E-state index contributed by atoms with van der Waals surface area (Å²) in [6.07, 6.45) is 8.18. The van der Waals surface area contributed by atoms with E-state index in [0.717, 1.165) is 31.2 Å². The van der Waals surface area contributed by atoms with E-state index in [-0.39, 0.29) is 24.0 Å². The Balaban J connectivity index is 1.89. The van der Waals surface area contributed by atoms with E-state index in [4.69, 9.17) is 0 Å². The quantitative estimate of drug-likeness (QED) is 0.386. The lowest BCUT2D eigenvalue weighted by molar-refractivity contribution is -0.140. The summed E-state index contributed by atoms with van der Waals surface area (Å²) in [4.78, 5) is 35.2. The number of hydrogen-bond donors (Lipinski definition) is 0. The molecule has 132 valence electrons. The minimum atomic E-state index is -0.187. The molecule has 4 heteroatoms. The van der Waals surface area contributed by atoms with E-state index >= 15 is 0 Å². The van der Waals surface area contributed by atoms with Gasteiger partial charge in [0, 0.05) is 17.6 Å². The zero-order chi connectivity index (χ0) is 18.1. The van der Waals surface area contributed by atoms with Gasteiger partial charge in [-0.3, -0.25) is 14.4 Å². The van der Waals surface area contributed by atoms with E-state index in [0.29, 0.717) is 24.0 Å². The standard InChI is InChI=1S/C21H24O4/c1-25-21(24)12-8-3-2-7-11-17-18(20(23)15-19(17)22)14-13-16-9-5-4-6-10-16/h4-6,9-10,13-14H,2-3,7-8,11-12,15H2,1H3/b14-13+. The number of ketones is 2. The molecule has 0 atom stereocenters. The average molecular weight is 340 g/mol. The highest BCUT2D eigenvalue weighted by molar-refractivity contribution is 6.23. The van der Waals surface area contributed by atoms with E-state index < -0.39 is 0 Å². The number of ether oxygens (including phenoxy) is 1. The predicted molar refractivity (Wildman–Crippen MR) is 96.9 cm³/mol. The van der Waals surface area contributed by atoms with Crippen LogP contribution in [0.25, 0.3) is 6.08 Å². The molecule has 4 nitrogen and oxygen atoms in total. The first-order valence-corrected chi connectivity index (χ1v) is 8.71. The molecule has 0 radical (unpaired) electrons. The lowest BCUT2D eigenvalue weighted by Crippen LogP contribution is -1.99. The highest BCUT2D eigenvalue weighted by Gasteiger charge is 2.28. The largest absolute Gasteiger partial charge is 0.469 e. The highest BCUT2D eigenvalue weighted by atomic mass is 16.5. The minimum Gasteiger partial charge on any atom is -0.469 e. The summed E-state index contributed by atoms with van der Waals surface area (Å²) in [5.41, 5.74) is 2.22. The van der Waals surface area contributed by atoms with Crippen molar-refractivity contribution in [3.05, 3.63) is 53.1 Å². The van der Waals surface area contributed by atoms with Gasteiger partial charge in [0.1, 0.15) is 0 Å². The van der Waals surface area contributed by atoms with Gasteiger partial charge in [0.2, 0.25) is 0 Å². The molecule has 0 aromatic heterocycles. The van der Waals surface area contributed by atoms with Crippen LogP contribution in [0.5, 0.6) is 0 Å². The van der Waals surface area contributed by atoms with E-state index in [1.54, 1.807) is 6.08 Å². The molecule has 0 amide bonds. The Bertz CT molecular complexity index is 683. The summed E-state index contributed by atoms with van der Waals surface area (Å²) >= 11 is 0. The second kappa shape index (κ2) is 9.72. The highest BCUT2D eigenvalue weighted by Crippen LogP contribution is 2.26. The predicted octanol–water partition coefficient (Wildman–Crippen LogP) is 4.05. The van der Waals surface area contributed by atoms with Crippen LogP contribution >= 0.6 is 0 Å². The van der Waals surface area contributed by atoms with Crippen molar-refractivity contribution in [3.63, 3.8) is 0 Å². The van der Waals surface area contributed by atoms with Crippen LogP contribution in [0.1, 0.15) is 50.5 Å². The van der Waals surface area contributed by atoms with E-state index in [9.17, 15) is 14.4 Å². The van der Waals surface area contributed by atoms with Gasteiger partial charge in [-0.15, -0.1) is 0 Å². The SMILES string of the molecule is COC(=O)CCCCCCC1=C(/C=C/c2ccccc2)C(=O)CC1=O. The maximum Gasteiger partial charge on any atom is 0.305 e. The van der Waals surface area contributed by atoms with Crippen LogP contribution in [0, 0.1) is 0 Å². The van der Waals surface area contributed by atoms with Crippen molar-refractivity contribution in [1.82, 2.24) is 0 Å². The Morgan fingerprint density at radius 1 is 1.00 bits per heavy atom. The second-order valence-electron chi connectivity index (χ2n) is 6.15. The average Bonchev–Trinajstić information content (AvgIpc) is 2.89. The fraction of sp³-hybridized carbons (Fsp3) is 0.381. The number of unbranched alkanes of at least 4 members (excludes halogenated alkanes) is 3. The van der Waals surface area contributed by atoms with Gasteiger partial charge in [0.15, 0.2) is 11.6 Å². The van der Waals surface area contributed by atoms with Gasteiger partial charge in [0.25, 0.3) is 0 Å². The zero-order valence-electron chi connectivity index (χ0n) is 14.6. The second-order valence-corrected chi connectivity index (χ2v) is 6.15. The summed E-state index contributed by atoms with van der Waals surface area (Å²) in [5, 5.41) is 0. The normalized spacial score (nSPS) is 14.6. The molecule has 0 bridgehead atoms. The molecule has 2 rings (SSSR count). The molecule has 0 saturated heterocycles. The molecule has 0 aliphatic heterocycles. The number of benzene rings is 1. The summed E-state index contributed by atoms with van der Waals surface area (Å²) in [6.45, 7) is 0. The molecule has 0 fully saturated rings. The number of rotatable bonds is 9. The molecule has 1 aliphatic carbocycles. The van der Waals surface area contributed by atoms with Crippen LogP contribution in [0.15, 0.2) is 47.6 Å². The molecule has 0 saturated carbocycles. The molecule has 0 heterocycles. The lowest BCUT2D eigenvalue weighted by atomic mass is 10.0. The molecule has 0 unspecified atom stereocenters. The smallest absolute Gasteiger partial charge is 0.305 e. The summed E-state index contributed by atoms with van der Waals surface area (Å²) in [7, 11) is 1.39. The molecule has 1 aromatic carbocycles.